The first-order valence-corrected chi connectivity index (χ1v) is 6.26. The number of benzene rings is 1. The molecule has 1 rings (SSSR count). The topological polar surface area (TPSA) is 78.4 Å². The molecule has 96 valence electrons. The Kier molecular flexibility index (Phi) is 5.79. The van der Waals surface area contributed by atoms with Crippen molar-refractivity contribution in [3.05, 3.63) is 40.0 Å². The SMILES string of the molecule is C=CCNCC(=O)Nc1ccc(I)cc1C(=O)O. The molecule has 18 heavy (non-hydrogen) atoms. The molecule has 0 saturated carbocycles. The maximum Gasteiger partial charge on any atom is 0.337 e. The van der Waals surface area contributed by atoms with Gasteiger partial charge >= 0.3 is 5.97 Å². The minimum Gasteiger partial charge on any atom is -0.478 e. The maximum atomic E-state index is 11.5. The second-order valence-electron chi connectivity index (χ2n) is 3.46. The number of rotatable bonds is 6. The minimum absolute atomic E-state index is 0.0824. The van der Waals surface area contributed by atoms with E-state index in [0.29, 0.717) is 12.2 Å². The van der Waals surface area contributed by atoms with Crippen LogP contribution in [-0.2, 0) is 4.79 Å². The zero-order chi connectivity index (χ0) is 13.5. The molecule has 6 heteroatoms. The Morgan fingerprint density at radius 1 is 1.44 bits per heavy atom. The minimum atomic E-state index is -1.07. The van der Waals surface area contributed by atoms with Crippen molar-refractivity contribution >= 4 is 40.2 Å². The normalized spacial score (nSPS) is 9.83. The first kappa shape index (κ1) is 14.7. The van der Waals surface area contributed by atoms with Crippen LogP contribution >= 0.6 is 22.6 Å². The second-order valence-corrected chi connectivity index (χ2v) is 4.71. The third kappa shape index (κ3) is 4.46. The van der Waals surface area contributed by atoms with E-state index < -0.39 is 5.97 Å². The summed E-state index contributed by atoms with van der Waals surface area (Å²) >= 11 is 2.02. The molecule has 0 aliphatic rings. The highest BCUT2D eigenvalue weighted by atomic mass is 127. The molecule has 3 N–H and O–H groups in total. The van der Waals surface area contributed by atoms with E-state index in [1.54, 1.807) is 18.2 Å². The number of nitrogens with one attached hydrogen (secondary N) is 2. The number of amides is 1. The van der Waals surface area contributed by atoms with E-state index in [4.69, 9.17) is 5.11 Å². The van der Waals surface area contributed by atoms with Crippen LogP contribution in [0.1, 0.15) is 10.4 Å². The fourth-order valence-electron chi connectivity index (χ4n) is 1.28. The summed E-state index contributed by atoms with van der Waals surface area (Å²) < 4.78 is 0.799. The molecule has 1 aromatic carbocycles. The molecule has 0 saturated heterocycles. The lowest BCUT2D eigenvalue weighted by Gasteiger charge is -2.09. The van der Waals surface area contributed by atoms with Crippen LogP contribution in [0.2, 0.25) is 0 Å². The van der Waals surface area contributed by atoms with Crippen LogP contribution in [0.3, 0.4) is 0 Å². The summed E-state index contributed by atoms with van der Waals surface area (Å²) in [6.45, 7) is 4.14. The van der Waals surface area contributed by atoms with Crippen LogP contribution in [0, 0.1) is 3.57 Å². The van der Waals surface area contributed by atoms with E-state index in [2.05, 4.69) is 17.2 Å². The Bertz CT molecular complexity index is 474. The van der Waals surface area contributed by atoms with Gasteiger partial charge in [0.2, 0.25) is 5.91 Å². The number of hydrogen-bond acceptors (Lipinski definition) is 3. The summed E-state index contributed by atoms with van der Waals surface area (Å²) in [6.07, 6.45) is 1.64. The Morgan fingerprint density at radius 3 is 2.78 bits per heavy atom. The van der Waals surface area contributed by atoms with Crippen molar-refractivity contribution in [1.82, 2.24) is 5.32 Å². The first-order chi connectivity index (χ1) is 8.54. The summed E-state index contributed by atoms with van der Waals surface area (Å²) in [5.74, 6) is -1.36. The molecule has 0 aromatic heterocycles. The molecule has 0 aliphatic heterocycles. The van der Waals surface area contributed by atoms with Crippen molar-refractivity contribution in [3.63, 3.8) is 0 Å². The van der Waals surface area contributed by atoms with E-state index in [9.17, 15) is 9.59 Å². The number of carbonyl (C=O) groups excluding carboxylic acids is 1. The average Bonchev–Trinajstić information content (AvgIpc) is 2.31. The largest absolute Gasteiger partial charge is 0.478 e. The third-order valence-electron chi connectivity index (χ3n) is 2.06. The number of carbonyl (C=O) groups is 2. The van der Waals surface area contributed by atoms with Crippen LogP contribution < -0.4 is 10.6 Å². The van der Waals surface area contributed by atoms with E-state index in [1.165, 1.54) is 6.07 Å². The Morgan fingerprint density at radius 2 is 2.17 bits per heavy atom. The van der Waals surface area contributed by atoms with Crippen molar-refractivity contribution in [2.24, 2.45) is 0 Å². The van der Waals surface area contributed by atoms with Gasteiger partial charge < -0.3 is 15.7 Å². The predicted octanol–water partition coefficient (Wildman–Crippen LogP) is 1.70. The van der Waals surface area contributed by atoms with Crippen molar-refractivity contribution in [2.75, 3.05) is 18.4 Å². The third-order valence-corrected chi connectivity index (χ3v) is 2.73. The van der Waals surface area contributed by atoms with Gasteiger partial charge in [0.1, 0.15) is 0 Å². The lowest BCUT2D eigenvalue weighted by molar-refractivity contribution is -0.115. The van der Waals surface area contributed by atoms with Crippen LogP contribution in [0.4, 0.5) is 5.69 Å². The molecule has 0 fully saturated rings. The molecule has 0 spiro atoms. The zero-order valence-electron chi connectivity index (χ0n) is 9.57. The number of carboxylic acids is 1. The summed E-state index contributed by atoms with van der Waals surface area (Å²) in [5.41, 5.74) is 0.382. The summed E-state index contributed by atoms with van der Waals surface area (Å²) in [4.78, 5) is 22.6. The Balaban J connectivity index is 2.74. The van der Waals surface area contributed by atoms with Crippen LogP contribution in [0.5, 0.6) is 0 Å². The molecule has 0 bridgehead atoms. The van der Waals surface area contributed by atoms with Gasteiger partial charge in [0.15, 0.2) is 0 Å². The van der Waals surface area contributed by atoms with Gasteiger partial charge in [-0.05, 0) is 40.8 Å². The summed E-state index contributed by atoms with van der Waals surface area (Å²) in [7, 11) is 0. The lowest BCUT2D eigenvalue weighted by Crippen LogP contribution is -2.28. The quantitative estimate of drug-likeness (QED) is 0.410. The molecule has 1 aromatic rings. The maximum absolute atomic E-state index is 11.5. The smallest absolute Gasteiger partial charge is 0.337 e. The van der Waals surface area contributed by atoms with E-state index in [-0.39, 0.29) is 18.0 Å². The number of aromatic carboxylic acids is 1. The van der Waals surface area contributed by atoms with Gasteiger partial charge in [-0.25, -0.2) is 4.79 Å². The second kappa shape index (κ2) is 7.12. The first-order valence-electron chi connectivity index (χ1n) is 5.19. The van der Waals surface area contributed by atoms with Gasteiger partial charge in [0, 0.05) is 10.1 Å². The lowest BCUT2D eigenvalue weighted by atomic mass is 10.2. The number of halogens is 1. The fourth-order valence-corrected chi connectivity index (χ4v) is 1.78. The van der Waals surface area contributed by atoms with Gasteiger partial charge in [-0.2, -0.15) is 0 Å². The molecular weight excluding hydrogens is 347 g/mol. The zero-order valence-corrected chi connectivity index (χ0v) is 11.7. The highest BCUT2D eigenvalue weighted by molar-refractivity contribution is 14.1. The monoisotopic (exact) mass is 360 g/mol. The standard InChI is InChI=1S/C12H13IN2O3/c1-2-5-14-7-11(16)15-10-4-3-8(13)6-9(10)12(17)18/h2-4,6,14H,1,5,7H2,(H,15,16)(H,17,18). The van der Waals surface area contributed by atoms with Crippen molar-refractivity contribution in [1.29, 1.82) is 0 Å². The van der Waals surface area contributed by atoms with Crippen molar-refractivity contribution in [2.45, 2.75) is 0 Å². The van der Waals surface area contributed by atoms with Crippen LogP contribution in [-0.4, -0.2) is 30.1 Å². The Labute approximate surface area is 118 Å². The molecule has 0 unspecified atom stereocenters. The molecule has 0 atom stereocenters. The van der Waals surface area contributed by atoms with Crippen LogP contribution in [0.15, 0.2) is 30.9 Å². The summed E-state index contributed by atoms with van der Waals surface area (Å²) in [5, 5.41) is 14.4. The van der Waals surface area contributed by atoms with E-state index in [0.717, 1.165) is 3.57 Å². The van der Waals surface area contributed by atoms with Gasteiger partial charge in [0.05, 0.1) is 17.8 Å². The molecule has 5 nitrogen and oxygen atoms in total. The molecule has 0 heterocycles. The number of hydrogen-bond donors (Lipinski definition) is 3. The van der Waals surface area contributed by atoms with E-state index >= 15 is 0 Å². The number of anilines is 1. The predicted molar refractivity (Wildman–Crippen MR) is 77.8 cm³/mol. The Hall–Kier alpha value is -1.41. The average molecular weight is 360 g/mol. The van der Waals surface area contributed by atoms with Gasteiger partial charge in [0.25, 0.3) is 0 Å². The summed E-state index contributed by atoms with van der Waals surface area (Å²) in [6, 6.07) is 4.83. The number of carboxylic acid groups (broad SMARTS) is 1. The molecular formula is C12H13IN2O3. The molecule has 1 amide bonds. The van der Waals surface area contributed by atoms with Gasteiger partial charge in [-0.1, -0.05) is 6.08 Å². The van der Waals surface area contributed by atoms with Crippen molar-refractivity contribution < 1.29 is 14.7 Å². The van der Waals surface area contributed by atoms with Gasteiger partial charge in [-0.15, -0.1) is 6.58 Å². The fraction of sp³-hybridized carbons (Fsp3) is 0.167. The molecule has 0 radical (unpaired) electrons. The van der Waals surface area contributed by atoms with E-state index in [1.807, 2.05) is 22.6 Å². The highest BCUT2D eigenvalue weighted by Gasteiger charge is 2.12. The highest BCUT2D eigenvalue weighted by Crippen LogP contribution is 2.18. The van der Waals surface area contributed by atoms with Gasteiger partial charge in [-0.3, -0.25) is 4.79 Å². The van der Waals surface area contributed by atoms with Crippen LogP contribution in [0.25, 0.3) is 0 Å². The van der Waals surface area contributed by atoms with Crippen molar-refractivity contribution in [3.8, 4) is 0 Å². The molecule has 0 aliphatic carbocycles.